The van der Waals surface area contributed by atoms with Crippen molar-refractivity contribution < 1.29 is 19.1 Å². The molecule has 0 unspecified atom stereocenters. The van der Waals surface area contributed by atoms with Crippen molar-refractivity contribution in [2.75, 3.05) is 0 Å². The van der Waals surface area contributed by atoms with E-state index in [1.54, 1.807) is 41.1 Å². The highest BCUT2D eigenvalue weighted by atomic mass is 16.5. The Hall–Kier alpha value is -4.33. The van der Waals surface area contributed by atoms with Crippen molar-refractivity contribution in [3.05, 3.63) is 77.6 Å². The number of esters is 1. The summed E-state index contributed by atoms with van der Waals surface area (Å²) in [5.74, 6) is -1.09. The minimum Gasteiger partial charge on any atom is -0.405 e. The second-order valence-electron chi connectivity index (χ2n) is 6.80. The third kappa shape index (κ3) is 4.18. The van der Waals surface area contributed by atoms with Crippen LogP contribution in [0.3, 0.4) is 0 Å². The molecule has 0 radical (unpaired) electrons. The van der Waals surface area contributed by atoms with Gasteiger partial charge < -0.3 is 4.74 Å². The Morgan fingerprint density at radius 1 is 0.968 bits per heavy atom. The molecular weight excluding hydrogens is 396 g/mol. The molecule has 0 saturated carbocycles. The largest absolute Gasteiger partial charge is 0.405 e. The number of rotatable bonds is 2. The van der Waals surface area contributed by atoms with Crippen LogP contribution in [0.5, 0.6) is 0 Å². The van der Waals surface area contributed by atoms with Gasteiger partial charge >= 0.3 is 5.97 Å². The van der Waals surface area contributed by atoms with E-state index in [2.05, 4.69) is 15.3 Å². The Bertz CT molecular complexity index is 1300. The maximum absolute atomic E-state index is 13.1. The lowest BCUT2D eigenvalue weighted by molar-refractivity contribution is -0.132. The zero-order valence-corrected chi connectivity index (χ0v) is 16.8. The minimum absolute atomic E-state index is 0.0255. The molecule has 154 valence electrons. The van der Waals surface area contributed by atoms with E-state index >= 15 is 0 Å². The number of benzene rings is 2. The van der Waals surface area contributed by atoms with Gasteiger partial charge in [0, 0.05) is 36.6 Å². The number of nitrogens with zero attached hydrogens (tertiary/aromatic N) is 3. The molecule has 1 N–H and O–H groups in total. The first-order valence-electron chi connectivity index (χ1n) is 9.47. The van der Waals surface area contributed by atoms with Gasteiger partial charge in [0.05, 0.1) is 5.52 Å². The van der Waals surface area contributed by atoms with Gasteiger partial charge in [0.15, 0.2) is 0 Å². The number of aromatic nitrogens is 1. The van der Waals surface area contributed by atoms with Crippen LogP contribution >= 0.6 is 0 Å². The molecule has 2 heterocycles. The third-order valence-corrected chi connectivity index (χ3v) is 4.46. The Labute approximate surface area is 177 Å². The summed E-state index contributed by atoms with van der Waals surface area (Å²) in [5.41, 5.74) is 2.21. The summed E-state index contributed by atoms with van der Waals surface area (Å²) in [5, 5.41) is 3.28. The van der Waals surface area contributed by atoms with Crippen molar-refractivity contribution in [1.29, 1.82) is 0 Å². The topological polar surface area (TPSA) is 102 Å². The van der Waals surface area contributed by atoms with Gasteiger partial charge in [-0.05, 0) is 24.3 Å². The predicted octanol–water partition coefficient (Wildman–Crippen LogP) is 3.14. The molecule has 1 amide bonds. The molecule has 0 fully saturated rings. The highest BCUT2D eigenvalue weighted by Gasteiger charge is 2.22. The molecule has 4 rings (SSSR count). The molecule has 3 aromatic rings. The van der Waals surface area contributed by atoms with Crippen LogP contribution in [0.4, 0.5) is 0 Å². The number of hydrogen-bond donors (Lipinski definition) is 1. The van der Waals surface area contributed by atoms with Crippen molar-refractivity contribution in [3.8, 4) is 0 Å². The number of hydrogen-bond acceptors (Lipinski definition) is 6. The van der Waals surface area contributed by atoms with Crippen molar-refractivity contribution in [1.82, 2.24) is 9.88 Å². The van der Waals surface area contributed by atoms with E-state index in [0.717, 1.165) is 10.9 Å². The Morgan fingerprint density at radius 3 is 2.39 bits per heavy atom. The number of carbonyl (C=O) groups is 3. The molecule has 0 bridgehead atoms. The number of ether oxygens (including phenoxy) is 1. The van der Waals surface area contributed by atoms with Crippen LogP contribution in [0, 0.1) is 0 Å². The van der Waals surface area contributed by atoms with Crippen LogP contribution in [0.2, 0.25) is 0 Å². The first-order valence-corrected chi connectivity index (χ1v) is 9.47. The van der Waals surface area contributed by atoms with E-state index in [-0.39, 0.29) is 29.4 Å². The van der Waals surface area contributed by atoms with E-state index in [0.29, 0.717) is 11.1 Å². The number of guanidine groups is 1. The normalized spacial score (nSPS) is 14.3. The van der Waals surface area contributed by atoms with Crippen molar-refractivity contribution in [3.63, 3.8) is 0 Å². The first kappa shape index (κ1) is 20.0. The number of amides is 1. The highest BCUT2D eigenvalue weighted by Crippen LogP contribution is 2.26. The van der Waals surface area contributed by atoms with Crippen LogP contribution in [0.15, 0.2) is 76.5 Å². The zero-order valence-electron chi connectivity index (χ0n) is 16.8. The highest BCUT2D eigenvalue weighted by molar-refractivity contribution is 6.16. The second kappa shape index (κ2) is 8.19. The second-order valence-corrected chi connectivity index (χ2v) is 6.80. The molecule has 0 saturated heterocycles. The number of aliphatic imine (C=N–C) groups is 2. The molecule has 2 aromatic carbocycles. The van der Waals surface area contributed by atoms with Crippen molar-refractivity contribution in [2.45, 2.75) is 13.8 Å². The van der Waals surface area contributed by atoms with Gasteiger partial charge in [0.25, 0.3) is 11.8 Å². The molecule has 1 aliphatic heterocycles. The van der Waals surface area contributed by atoms with Gasteiger partial charge in [-0.15, -0.1) is 0 Å². The van der Waals surface area contributed by atoms with E-state index in [1.165, 1.54) is 13.8 Å². The molecule has 8 heteroatoms. The van der Waals surface area contributed by atoms with Gasteiger partial charge in [-0.1, -0.05) is 36.4 Å². The molecule has 31 heavy (non-hydrogen) atoms. The Balaban J connectivity index is 1.81. The fourth-order valence-electron chi connectivity index (χ4n) is 3.22. The van der Waals surface area contributed by atoms with Gasteiger partial charge in [0.2, 0.25) is 11.9 Å². The molecule has 1 aliphatic rings. The van der Waals surface area contributed by atoms with E-state index in [9.17, 15) is 14.4 Å². The number of carbonyl (C=O) groups excluding carboxylic acids is 3. The summed E-state index contributed by atoms with van der Waals surface area (Å²) >= 11 is 0. The monoisotopic (exact) mass is 414 g/mol. The quantitative estimate of drug-likeness (QED) is 0.651. The average Bonchev–Trinajstić information content (AvgIpc) is 3.28. The third-order valence-electron chi connectivity index (χ3n) is 4.46. The van der Waals surface area contributed by atoms with Crippen LogP contribution < -0.4 is 5.32 Å². The van der Waals surface area contributed by atoms with Crippen LogP contribution in [0.1, 0.15) is 29.8 Å². The maximum Gasteiger partial charge on any atom is 0.309 e. The summed E-state index contributed by atoms with van der Waals surface area (Å²) < 4.78 is 6.71. The molecule has 8 nitrogen and oxygen atoms in total. The molecular formula is C23H18N4O4. The van der Waals surface area contributed by atoms with Gasteiger partial charge in [-0.3, -0.25) is 24.3 Å². The maximum atomic E-state index is 13.1. The average molecular weight is 414 g/mol. The summed E-state index contributed by atoms with van der Waals surface area (Å²) in [4.78, 5) is 44.2. The van der Waals surface area contributed by atoms with Crippen molar-refractivity contribution >= 4 is 46.6 Å². The van der Waals surface area contributed by atoms with Gasteiger partial charge in [0.1, 0.15) is 5.70 Å². The summed E-state index contributed by atoms with van der Waals surface area (Å²) in [6.07, 6.45) is 3.36. The number of para-hydroxylation sites is 1. The summed E-state index contributed by atoms with van der Waals surface area (Å²) in [6, 6.07) is 16.4. The fourth-order valence-corrected chi connectivity index (χ4v) is 3.22. The van der Waals surface area contributed by atoms with E-state index < -0.39 is 5.97 Å². The van der Waals surface area contributed by atoms with E-state index in [4.69, 9.17) is 4.74 Å². The predicted molar refractivity (Wildman–Crippen MR) is 117 cm³/mol. The van der Waals surface area contributed by atoms with Crippen LogP contribution in [-0.2, 0) is 14.3 Å². The summed E-state index contributed by atoms with van der Waals surface area (Å²) in [6.45, 7) is 2.58. The Morgan fingerprint density at radius 2 is 1.68 bits per heavy atom. The standard InChI is InChI=1S/C23H18N4O4/c1-14(28)24-23-25-19(21(26-23)31-15(2)29)12-17-13-27(20-11-7-6-10-18(17)20)22(30)16-8-4-3-5-9-16/h3-13H,1-2H3,(H,24,25,28)/b19-12+. The molecule has 0 atom stereocenters. The minimum atomic E-state index is -0.564. The first-order chi connectivity index (χ1) is 14.9. The zero-order chi connectivity index (χ0) is 22.0. The molecule has 0 aliphatic carbocycles. The van der Waals surface area contributed by atoms with Gasteiger partial charge in [-0.2, -0.15) is 4.99 Å². The molecule has 0 spiro atoms. The lowest BCUT2D eigenvalue weighted by Gasteiger charge is -2.03. The lowest BCUT2D eigenvalue weighted by atomic mass is 10.1. The van der Waals surface area contributed by atoms with Crippen molar-refractivity contribution in [2.24, 2.45) is 9.98 Å². The summed E-state index contributed by atoms with van der Waals surface area (Å²) in [7, 11) is 0. The smallest absolute Gasteiger partial charge is 0.309 e. The number of nitrogens with one attached hydrogen (secondary N) is 1. The van der Waals surface area contributed by atoms with Crippen LogP contribution in [-0.4, -0.2) is 34.2 Å². The SMILES string of the molecule is CC(=O)NC1=N/C(=C/c2cn(C(=O)c3ccccc3)c3ccccc23)C(OC(C)=O)=N1. The van der Waals surface area contributed by atoms with E-state index in [1.807, 2.05) is 30.3 Å². The van der Waals surface area contributed by atoms with Crippen LogP contribution in [0.25, 0.3) is 17.0 Å². The Kier molecular flexibility index (Phi) is 5.28. The fraction of sp³-hybridized carbons (Fsp3) is 0.0870. The molecule has 1 aromatic heterocycles. The number of fused-ring (bicyclic) bond motifs is 1. The lowest BCUT2D eigenvalue weighted by Crippen LogP contribution is -2.25. The van der Waals surface area contributed by atoms with Gasteiger partial charge in [-0.25, -0.2) is 4.99 Å².